The van der Waals surface area contributed by atoms with E-state index in [9.17, 15) is 14.3 Å². The van der Waals surface area contributed by atoms with Gasteiger partial charge in [0.2, 0.25) is 0 Å². The molecular formula is C28H22ClFN6O2. The lowest BCUT2D eigenvalue weighted by Gasteiger charge is -2.18. The minimum Gasteiger partial charge on any atom is -0.508 e. The van der Waals surface area contributed by atoms with Gasteiger partial charge in [-0.2, -0.15) is 0 Å². The van der Waals surface area contributed by atoms with Gasteiger partial charge in [-0.3, -0.25) is 14.8 Å². The van der Waals surface area contributed by atoms with Gasteiger partial charge in [0, 0.05) is 17.3 Å². The second-order valence-electron chi connectivity index (χ2n) is 8.68. The van der Waals surface area contributed by atoms with Crippen LogP contribution in [0.1, 0.15) is 22.4 Å². The number of pyridine rings is 1. The molecule has 3 aromatic carbocycles. The summed E-state index contributed by atoms with van der Waals surface area (Å²) in [5.41, 5.74) is 7.86. The van der Waals surface area contributed by atoms with Crippen LogP contribution in [0.2, 0.25) is 5.02 Å². The maximum absolute atomic E-state index is 13.9. The highest BCUT2D eigenvalue weighted by Crippen LogP contribution is 2.27. The van der Waals surface area contributed by atoms with E-state index in [1.165, 1.54) is 12.4 Å². The molecule has 0 fully saturated rings. The van der Waals surface area contributed by atoms with Crippen LogP contribution in [0.15, 0.2) is 77.9 Å². The highest BCUT2D eigenvalue weighted by molar-refractivity contribution is 6.32. The minimum atomic E-state index is -0.704. The number of nitrogens with two attached hydrogens (primary N) is 1. The molecule has 5 rings (SSSR count). The van der Waals surface area contributed by atoms with E-state index >= 15 is 0 Å². The van der Waals surface area contributed by atoms with Crippen LogP contribution in [0, 0.1) is 18.2 Å². The van der Waals surface area contributed by atoms with Crippen LogP contribution >= 0.6 is 11.6 Å². The van der Waals surface area contributed by atoms with Gasteiger partial charge in [0.15, 0.2) is 0 Å². The first kappa shape index (κ1) is 24.9. The maximum Gasteiger partial charge on any atom is 0.263 e. The number of phenolic OH excluding ortho intramolecular Hbond substituents is 1. The molecule has 0 aliphatic rings. The Morgan fingerprint density at radius 1 is 1.13 bits per heavy atom. The molecule has 5 N–H and O–H groups in total. The van der Waals surface area contributed by atoms with Crippen molar-refractivity contribution in [3.63, 3.8) is 0 Å². The summed E-state index contributed by atoms with van der Waals surface area (Å²) >= 11 is 6.50. The second-order valence-corrected chi connectivity index (χ2v) is 9.08. The van der Waals surface area contributed by atoms with E-state index in [-0.39, 0.29) is 46.3 Å². The van der Waals surface area contributed by atoms with Gasteiger partial charge in [0.05, 0.1) is 33.9 Å². The van der Waals surface area contributed by atoms with Crippen molar-refractivity contribution in [2.45, 2.75) is 13.5 Å². The summed E-state index contributed by atoms with van der Waals surface area (Å²) in [6.07, 6.45) is 1.24. The predicted molar refractivity (Wildman–Crippen MR) is 147 cm³/mol. The van der Waals surface area contributed by atoms with E-state index in [2.05, 4.69) is 15.3 Å². The number of aromatic hydroxyl groups is 1. The molecule has 2 aromatic heterocycles. The number of aryl methyl sites for hydroxylation is 1. The molecule has 10 heteroatoms. The summed E-state index contributed by atoms with van der Waals surface area (Å²) in [7, 11) is 0. The number of rotatable bonds is 6. The number of halogens is 2. The highest BCUT2D eigenvalue weighted by Gasteiger charge is 2.19. The number of anilines is 2. The Morgan fingerprint density at radius 2 is 1.92 bits per heavy atom. The van der Waals surface area contributed by atoms with Crippen LogP contribution in [-0.4, -0.2) is 25.4 Å². The van der Waals surface area contributed by atoms with Crippen molar-refractivity contribution in [3.05, 3.63) is 117 Å². The Balaban J connectivity index is 1.61. The van der Waals surface area contributed by atoms with Gasteiger partial charge >= 0.3 is 0 Å². The van der Waals surface area contributed by atoms with Crippen molar-refractivity contribution in [2.24, 2.45) is 0 Å². The third-order valence-corrected chi connectivity index (χ3v) is 6.48. The SMILES string of the molecule is Cc1cccc2cc(CNc3ncnc(N)c3C(=N)c3cc(O)cc(F)c3)n(-c3ccccc3Cl)c(=O)c12. The lowest BCUT2D eigenvalue weighted by Crippen LogP contribution is -2.25. The number of nitrogens with one attached hydrogen (secondary N) is 2. The first-order valence-electron chi connectivity index (χ1n) is 11.6. The molecule has 0 aliphatic heterocycles. The van der Waals surface area contributed by atoms with Crippen LogP contribution in [-0.2, 0) is 6.54 Å². The molecule has 0 spiro atoms. The highest BCUT2D eigenvalue weighted by atomic mass is 35.5. The zero-order valence-corrected chi connectivity index (χ0v) is 20.9. The summed E-state index contributed by atoms with van der Waals surface area (Å²) in [6, 6.07) is 17.9. The van der Waals surface area contributed by atoms with Gasteiger partial charge in [-0.05, 0) is 48.2 Å². The van der Waals surface area contributed by atoms with E-state index in [1.54, 1.807) is 28.8 Å². The molecular weight excluding hydrogens is 507 g/mol. The van der Waals surface area contributed by atoms with Crippen molar-refractivity contribution < 1.29 is 9.50 Å². The summed E-state index contributed by atoms with van der Waals surface area (Å²) in [5, 5.41) is 23.4. The van der Waals surface area contributed by atoms with Crippen molar-refractivity contribution in [1.82, 2.24) is 14.5 Å². The average molecular weight is 529 g/mol. The van der Waals surface area contributed by atoms with Gasteiger partial charge < -0.3 is 16.2 Å². The smallest absolute Gasteiger partial charge is 0.263 e. The van der Waals surface area contributed by atoms with Crippen LogP contribution in [0.25, 0.3) is 16.5 Å². The molecule has 8 nitrogen and oxygen atoms in total. The van der Waals surface area contributed by atoms with Gasteiger partial charge in [-0.1, -0.05) is 41.9 Å². The molecule has 0 aliphatic carbocycles. The topological polar surface area (TPSA) is 130 Å². The van der Waals surface area contributed by atoms with E-state index in [0.29, 0.717) is 21.8 Å². The third-order valence-electron chi connectivity index (χ3n) is 6.16. The van der Waals surface area contributed by atoms with E-state index in [1.807, 2.05) is 31.2 Å². The summed E-state index contributed by atoms with van der Waals surface area (Å²) < 4.78 is 15.5. The second kappa shape index (κ2) is 9.95. The van der Waals surface area contributed by atoms with Gasteiger partial charge in [-0.15, -0.1) is 0 Å². The van der Waals surface area contributed by atoms with E-state index < -0.39 is 5.82 Å². The first-order valence-corrected chi connectivity index (χ1v) is 11.9. The standard InChI is InChI=1S/C28H22ClFN6O2/c1-15-5-4-6-16-10-19(36(28(38)23(15)16)22-8-3-2-7-21(22)29)13-33-27-24(26(32)34-14-35-27)25(31)17-9-18(30)12-20(37)11-17/h2-12,14,31,37H,13H2,1H3,(H3,32,33,34,35). The van der Waals surface area contributed by atoms with E-state index in [0.717, 1.165) is 23.1 Å². The Bertz CT molecular complexity index is 1770. The Kier molecular flexibility index (Phi) is 6.52. The van der Waals surface area contributed by atoms with Crippen molar-refractivity contribution in [3.8, 4) is 11.4 Å². The largest absolute Gasteiger partial charge is 0.508 e. The number of phenols is 1. The number of aromatic nitrogens is 3. The molecule has 38 heavy (non-hydrogen) atoms. The molecule has 0 saturated carbocycles. The fourth-order valence-corrected chi connectivity index (χ4v) is 4.65. The molecule has 0 unspecified atom stereocenters. The van der Waals surface area contributed by atoms with Crippen LogP contribution in [0.5, 0.6) is 5.75 Å². The molecule has 0 radical (unpaired) electrons. The van der Waals surface area contributed by atoms with Crippen LogP contribution in [0.3, 0.4) is 0 Å². The number of benzene rings is 3. The number of hydrogen-bond donors (Lipinski definition) is 4. The first-order chi connectivity index (χ1) is 18.2. The number of fused-ring (bicyclic) bond motifs is 1. The number of hydrogen-bond acceptors (Lipinski definition) is 7. The third kappa shape index (κ3) is 4.55. The molecule has 190 valence electrons. The quantitative estimate of drug-likeness (QED) is 0.224. The Labute approximate surface area is 221 Å². The van der Waals surface area contributed by atoms with Crippen LogP contribution < -0.4 is 16.6 Å². The number of nitrogen functional groups attached to an aromatic ring is 1. The molecule has 0 amide bonds. The minimum absolute atomic E-state index is 0.00567. The number of nitrogens with zero attached hydrogens (tertiary/aromatic N) is 3. The molecule has 5 aromatic rings. The van der Waals surface area contributed by atoms with Gasteiger partial charge in [0.1, 0.15) is 29.5 Å². The fourth-order valence-electron chi connectivity index (χ4n) is 4.43. The Hall–Kier alpha value is -4.76. The molecule has 0 atom stereocenters. The zero-order valence-electron chi connectivity index (χ0n) is 20.2. The number of para-hydroxylation sites is 1. The molecule has 0 saturated heterocycles. The monoisotopic (exact) mass is 528 g/mol. The normalized spacial score (nSPS) is 11.0. The molecule has 2 heterocycles. The average Bonchev–Trinajstić information content (AvgIpc) is 2.87. The predicted octanol–water partition coefficient (Wildman–Crippen LogP) is 5.20. The van der Waals surface area contributed by atoms with Crippen molar-refractivity contribution in [2.75, 3.05) is 11.1 Å². The lowest BCUT2D eigenvalue weighted by molar-refractivity contribution is 0.469. The van der Waals surface area contributed by atoms with Crippen LogP contribution in [0.4, 0.5) is 16.0 Å². The fraction of sp³-hybridized carbons (Fsp3) is 0.0714. The Morgan fingerprint density at radius 3 is 2.68 bits per heavy atom. The van der Waals surface area contributed by atoms with Gasteiger partial charge in [0.25, 0.3) is 5.56 Å². The summed E-state index contributed by atoms with van der Waals surface area (Å²) in [4.78, 5) is 22.0. The zero-order chi connectivity index (χ0) is 27.0. The van der Waals surface area contributed by atoms with E-state index in [4.69, 9.17) is 22.7 Å². The summed E-state index contributed by atoms with van der Waals surface area (Å²) in [6.45, 7) is 1.99. The summed E-state index contributed by atoms with van der Waals surface area (Å²) in [5.74, 6) is -0.836. The maximum atomic E-state index is 13.9. The van der Waals surface area contributed by atoms with Gasteiger partial charge in [-0.25, -0.2) is 14.4 Å². The molecule has 0 bridgehead atoms. The lowest BCUT2D eigenvalue weighted by atomic mass is 10.0. The van der Waals surface area contributed by atoms with Crippen molar-refractivity contribution >= 4 is 39.7 Å². The van der Waals surface area contributed by atoms with Crippen molar-refractivity contribution in [1.29, 1.82) is 5.41 Å².